The van der Waals surface area contributed by atoms with E-state index < -0.39 is 0 Å². The van der Waals surface area contributed by atoms with E-state index in [0.717, 1.165) is 34.3 Å². The lowest BCUT2D eigenvalue weighted by atomic mass is 10.1. The van der Waals surface area contributed by atoms with Crippen LogP contribution in [0, 0.1) is 13.8 Å². The Bertz CT molecular complexity index is 534. The third-order valence-corrected chi connectivity index (χ3v) is 3.31. The van der Waals surface area contributed by atoms with Gasteiger partial charge in [-0.2, -0.15) is 0 Å². The fourth-order valence-corrected chi connectivity index (χ4v) is 2.48. The predicted octanol–water partition coefficient (Wildman–Crippen LogP) is 2.03. The zero-order valence-electron chi connectivity index (χ0n) is 11.0. The summed E-state index contributed by atoms with van der Waals surface area (Å²) in [6.07, 6.45) is 1.48. The predicted molar refractivity (Wildman–Crippen MR) is 73.8 cm³/mol. The minimum absolute atomic E-state index is 0.119. The molecule has 0 saturated heterocycles. The molecule has 0 aliphatic carbocycles. The Hall–Kier alpha value is -1.33. The molecule has 2 aromatic rings. The maximum Gasteiger partial charge on any atom is 0.134 e. The highest BCUT2D eigenvalue weighted by molar-refractivity contribution is 7.09. The van der Waals surface area contributed by atoms with Gasteiger partial charge in [0, 0.05) is 29.2 Å². The molecule has 0 saturated carbocycles. The second-order valence-electron chi connectivity index (χ2n) is 4.63. The second kappa shape index (κ2) is 5.54. The first-order valence-electron chi connectivity index (χ1n) is 6.03. The molecule has 5 heteroatoms. The summed E-state index contributed by atoms with van der Waals surface area (Å²) >= 11 is 1.66. The molecule has 0 fully saturated rings. The van der Waals surface area contributed by atoms with E-state index in [-0.39, 0.29) is 6.04 Å². The zero-order valence-corrected chi connectivity index (χ0v) is 11.8. The van der Waals surface area contributed by atoms with Crippen molar-refractivity contribution in [1.82, 2.24) is 15.0 Å². The van der Waals surface area contributed by atoms with Gasteiger partial charge < -0.3 is 5.73 Å². The number of nitrogens with two attached hydrogens (primary N) is 1. The van der Waals surface area contributed by atoms with E-state index in [2.05, 4.69) is 20.3 Å². The molecule has 2 N–H and O–H groups in total. The standard InChI is InChI=1S/C13H18N4S/c1-8(14)4-11-5-9(2)15-13(17-11)6-12-7-18-10(3)16-12/h5,7-8H,4,6,14H2,1-3H3. The van der Waals surface area contributed by atoms with Crippen molar-refractivity contribution in [2.75, 3.05) is 0 Å². The van der Waals surface area contributed by atoms with Crippen molar-refractivity contribution in [2.24, 2.45) is 5.73 Å². The number of nitrogens with zero attached hydrogens (tertiary/aromatic N) is 3. The third kappa shape index (κ3) is 3.58. The maximum atomic E-state index is 5.81. The van der Waals surface area contributed by atoms with Gasteiger partial charge in [-0.1, -0.05) is 0 Å². The number of thiazole rings is 1. The summed E-state index contributed by atoms with van der Waals surface area (Å²) in [6, 6.07) is 2.12. The van der Waals surface area contributed by atoms with E-state index >= 15 is 0 Å². The van der Waals surface area contributed by atoms with Crippen LogP contribution in [0.25, 0.3) is 0 Å². The van der Waals surface area contributed by atoms with Gasteiger partial charge in [0.05, 0.1) is 17.1 Å². The van der Waals surface area contributed by atoms with E-state index in [9.17, 15) is 0 Å². The van der Waals surface area contributed by atoms with Gasteiger partial charge in [0.2, 0.25) is 0 Å². The molecule has 4 nitrogen and oxygen atoms in total. The monoisotopic (exact) mass is 262 g/mol. The lowest BCUT2D eigenvalue weighted by molar-refractivity contribution is 0.711. The lowest BCUT2D eigenvalue weighted by Crippen LogP contribution is -2.19. The van der Waals surface area contributed by atoms with Crippen LogP contribution in [0.3, 0.4) is 0 Å². The number of aromatic nitrogens is 3. The van der Waals surface area contributed by atoms with Gasteiger partial charge >= 0.3 is 0 Å². The van der Waals surface area contributed by atoms with Crippen molar-refractivity contribution in [1.29, 1.82) is 0 Å². The van der Waals surface area contributed by atoms with E-state index in [4.69, 9.17) is 5.73 Å². The summed E-state index contributed by atoms with van der Waals surface area (Å²) in [5.74, 6) is 0.830. The summed E-state index contributed by atoms with van der Waals surface area (Å²) in [5, 5.41) is 3.14. The molecule has 0 bridgehead atoms. The molecule has 1 unspecified atom stereocenters. The first kappa shape index (κ1) is 13.1. The molecule has 96 valence electrons. The van der Waals surface area contributed by atoms with Crippen LogP contribution in [-0.4, -0.2) is 21.0 Å². The molecule has 0 spiro atoms. The van der Waals surface area contributed by atoms with Crippen molar-refractivity contribution >= 4 is 11.3 Å². The molecular weight excluding hydrogens is 244 g/mol. The SMILES string of the molecule is Cc1cc(CC(C)N)nc(Cc2csc(C)n2)n1. The number of rotatable bonds is 4. The van der Waals surface area contributed by atoms with Crippen LogP contribution >= 0.6 is 11.3 Å². The first-order chi connectivity index (χ1) is 8.52. The van der Waals surface area contributed by atoms with Crippen LogP contribution in [0.2, 0.25) is 0 Å². The van der Waals surface area contributed by atoms with Gasteiger partial charge in [0.15, 0.2) is 0 Å². The Morgan fingerprint density at radius 1 is 1.22 bits per heavy atom. The highest BCUT2D eigenvalue weighted by Gasteiger charge is 2.07. The molecule has 0 amide bonds. The van der Waals surface area contributed by atoms with Crippen molar-refractivity contribution in [3.8, 4) is 0 Å². The highest BCUT2D eigenvalue weighted by Crippen LogP contribution is 2.12. The molecular formula is C13H18N4S. The molecule has 18 heavy (non-hydrogen) atoms. The third-order valence-electron chi connectivity index (χ3n) is 2.49. The van der Waals surface area contributed by atoms with Crippen molar-refractivity contribution < 1.29 is 0 Å². The first-order valence-corrected chi connectivity index (χ1v) is 6.91. The van der Waals surface area contributed by atoms with Crippen molar-refractivity contribution in [3.05, 3.63) is 39.4 Å². The Morgan fingerprint density at radius 3 is 2.61 bits per heavy atom. The van der Waals surface area contributed by atoms with Crippen LogP contribution < -0.4 is 5.73 Å². The van der Waals surface area contributed by atoms with Gasteiger partial charge in [-0.15, -0.1) is 11.3 Å². The average Bonchev–Trinajstić information content (AvgIpc) is 2.61. The van der Waals surface area contributed by atoms with E-state index in [1.165, 1.54) is 0 Å². The Morgan fingerprint density at radius 2 is 2.00 bits per heavy atom. The molecule has 0 aliphatic heterocycles. The number of aryl methyl sites for hydroxylation is 2. The Kier molecular flexibility index (Phi) is 4.04. The summed E-state index contributed by atoms with van der Waals surface area (Å²) in [7, 11) is 0. The largest absolute Gasteiger partial charge is 0.328 e. The molecule has 2 aromatic heterocycles. The average molecular weight is 262 g/mol. The normalized spacial score (nSPS) is 12.7. The van der Waals surface area contributed by atoms with Crippen LogP contribution in [0.5, 0.6) is 0 Å². The maximum absolute atomic E-state index is 5.81. The van der Waals surface area contributed by atoms with Crippen LogP contribution in [-0.2, 0) is 12.8 Å². The second-order valence-corrected chi connectivity index (χ2v) is 5.70. The number of hydrogen-bond acceptors (Lipinski definition) is 5. The summed E-state index contributed by atoms with van der Waals surface area (Å²) in [6.45, 7) is 5.98. The fraction of sp³-hybridized carbons (Fsp3) is 0.462. The van der Waals surface area contributed by atoms with Crippen LogP contribution in [0.4, 0.5) is 0 Å². The van der Waals surface area contributed by atoms with E-state index in [0.29, 0.717) is 6.42 Å². The molecule has 0 radical (unpaired) electrons. The van der Waals surface area contributed by atoms with Crippen LogP contribution in [0.15, 0.2) is 11.4 Å². The van der Waals surface area contributed by atoms with Gasteiger partial charge in [-0.3, -0.25) is 0 Å². The Balaban J connectivity index is 2.19. The molecule has 2 heterocycles. The topological polar surface area (TPSA) is 64.7 Å². The smallest absolute Gasteiger partial charge is 0.134 e. The number of hydrogen-bond donors (Lipinski definition) is 1. The van der Waals surface area contributed by atoms with E-state index in [1.54, 1.807) is 11.3 Å². The highest BCUT2D eigenvalue weighted by atomic mass is 32.1. The zero-order chi connectivity index (χ0) is 13.1. The summed E-state index contributed by atoms with van der Waals surface area (Å²) in [5.41, 5.74) is 8.85. The van der Waals surface area contributed by atoms with E-state index in [1.807, 2.05) is 26.8 Å². The molecule has 0 aromatic carbocycles. The van der Waals surface area contributed by atoms with Crippen LogP contribution in [0.1, 0.15) is 34.8 Å². The summed E-state index contributed by atoms with van der Waals surface area (Å²) in [4.78, 5) is 13.5. The minimum atomic E-state index is 0.119. The van der Waals surface area contributed by atoms with Crippen molar-refractivity contribution in [2.45, 2.75) is 39.7 Å². The van der Waals surface area contributed by atoms with Crippen molar-refractivity contribution in [3.63, 3.8) is 0 Å². The van der Waals surface area contributed by atoms with Gasteiger partial charge in [-0.05, 0) is 26.8 Å². The van der Waals surface area contributed by atoms with Gasteiger partial charge in [0.25, 0.3) is 0 Å². The quantitative estimate of drug-likeness (QED) is 0.915. The molecule has 0 aliphatic rings. The Labute approximate surface area is 111 Å². The van der Waals surface area contributed by atoms with Gasteiger partial charge in [-0.25, -0.2) is 15.0 Å². The minimum Gasteiger partial charge on any atom is -0.328 e. The molecule has 1 atom stereocenters. The molecule has 2 rings (SSSR count). The lowest BCUT2D eigenvalue weighted by Gasteiger charge is -2.07. The summed E-state index contributed by atoms with van der Waals surface area (Å²) < 4.78 is 0. The van der Waals surface area contributed by atoms with Gasteiger partial charge in [0.1, 0.15) is 5.82 Å². The fourth-order valence-electron chi connectivity index (χ4n) is 1.86.